The van der Waals surface area contributed by atoms with E-state index in [2.05, 4.69) is 5.32 Å². The Labute approximate surface area is 164 Å². The Morgan fingerprint density at radius 2 is 2.04 bits per heavy atom. The standard InChI is InChI=1S/C22H24N2O4/c25-21-15-28-20-9-8-17(22(26)23-12-19-7-4-10-27-19)11-18(20)14-24(21)13-16-5-2-1-3-6-16/h1-3,5-6,8-9,11,19H,4,7,10,12-15H2,(H,23,26). The summed E-state index contributed by atoms with van der Waals surface area (Å²) < 4.78 is 11.2. The first-order valence-corrected chi connectivity index (χ1v) is 9.66. The van der Waals surface area contributed by atoms with Crippen LogP contribution < -0.4 is 10.1 Å². The van der Waals surface area contributed by atoms with E-state index in [0.717, 1.165) is 30.6 Å². The summed E-state index contributed by atoms with van der Waals surface area (Å²) in [5, 5.41) is 2.94. The minimum atomic E-state index is -0.136. The highest BCUT2D eigenvalue weighted by molar-refractivity contribution is 5.94. The predicted octanol–water partition coefficient (Wildman–Crippen LogP) is 2.52. The Balaban J connectivity index is 1.47. The SMILES string of the molecule is O=C(NCC1CCCO1)c1ccc2c(c1)CN(Cc1ccccc1)C(=O)CO2. The number of rotatable bonds is 5. The van der Waals surface area contributed by atoms with E-state index in [4.69, 9.17) is 9.47 Å². The van der Waals surface area contributed by atoms with Crippen molar-refractivity contribution in [1.82, 2.24) is 10.2 Å². The van der Waals surface area contributed by atoms with Gasteiger partial charge < -0.3 is 19.7 Å². The first-order valence-electron chi connectivity index (χ1n) is 9.66. The smallest absolute Gasteiger partial charge is 0.261 e. The zero-order valence-corrected chi connectivity index (χ0v) is 15.7. The molecule has 0 saturated carbocycles. The average molecular weight is 380 g/mol. The molecule has 1 fully saturated rings. The van der Waals surface area contributed by atoms with Gasteiger partial charge in [0.25, 0.3) is 11.8 Å². The Morgan fingerprint density at radius 3 is 2.82 bits per heavy atom. The van der Waals surface area contributed by atoms with Crippen LogP contribution >= 0.6 is 0 Å². The van der Waals surface area contributed by atoms with Gasteiger partial charge in [-0.3, -0.25) is 9.59 Å². The predicted molar refractivity (Wildman–Crippen MR) is 104 cm³/mol. The number of hydrogen-bond donors (Lipinski definition) is 1. The largest absolute Gasteiger partial charge is 0.483 e. The molecule has 146 valence electrons. The molecule has 1 atom stereocenters. The fourth-order valence-corrected chi connectivity index (χ4v) is 3.57. The third-order valence-corrected chi connectivity index (χ3v) is 5.12. The van der Waals surface area contributed by atoms with E-state index in [1.807, 2.05) is 36.4 Å². The maximum Gasteiger partial charge on any atom is 0.261 e. The summed E-state index contributed by atoms with van der Waals surface area (Å²) in [6.45, 7) is 2.21. The maximum absolute atomic E-state index is 12.5. The summed E-state index contributed by atoms with van der Waals surface area (Å²) in [5.74, 6) is 0.451. The number of fused-ring (bicyclic) bond motifs is 1. The first kappa shape index (κ1) is 18.5. The number of hydrogen-bond acceptors (Lipinski definition) is 4. The van der Waals surface area contributed by atoms with Crippen molar-refractivity contribution >= 4 is 11.8 Å². The minimum absolute atomic E-state index is 0.00436. The highest BCUT2D eigenvalue weighted by Crippen LogP contribution is 2.26. The second-order valence-corrected chi connectivity index (χ2v) is 7.19. The monoisotopic (exact) mass is 380 g/mol. The summed E-state index contributed by atoms with van der Waals surface area (Å²) in [7, 11) is 0. The molecule has 0 radical (unpaired) electrons. The zero-order valence-electron chi connectivity index (χ0n) is 15.7. The van der Waals surface area contributed by atoms with Gasteiger partial charge in [-0.25, -0.2) is 0 Å². The molecule has 2 aliphatic heterocycles. The topological polar surface area (TPSA) is 67.9 Å². The molecule has 2 amide bonds. The van der Waals surface area contributed by atoms with Gasteiger partial charge in [0.1, 0.15) is 5.75 Å². The van der Waals surface area contributed by atoms with Gasteiger partial charge in [0.2, 0.25) is 0 Å². The summed E-state index contributed by atoms with van der Waals surface area (Å²) in [5.41, 5.74) is 2.46. The molecule has 0 spiro atoms. The van der Waals surface area contributed by atoms with Crippen LogP contribution in [0, 0.1) is 0 Å². The number of carbonyl (C=O) groups excluding carboxylic acids is 2. The molecule has 0 bridgehead atoms. The molecule has 2 aliphatic rings. The van der Waals surface area contributed by atoms with E-state index < -0.39 is 0 Å². The second-order valence-electron chi connectivity index (χ2n) is 7.19. The number of carbonyl (C=O) groups is 2. The fraction of sp³-hybridized carbons (Fsp3) is 0.364. The van der Waals surface area contributed by atoms with Crippen molar-refractivity contribution in [3.05, 3.63) is 65.2 Å². The van der Waals surface area contributed by atoms with E-state index in [1.165, 1.54) is 0 Å². The highest BCUT2D eigenvalue weighted by Gasteiger charge is 2.23. The maximum atomic E-state index is 12.5. The highest BCUT2D eigenvalue weighted by atomic mass is 16.5. The van der Waals surface area contributed by atoms with Gasteiger partial charge in [-0.15, -0.1) is 0 Å². The summed E-state index contributed by atoms with van der Waals surface area (Å²) in [6, 6.07) is 15.2. The quantitative estimate of drug-likeness (QED) is 0.866. The molecule has 28 heavy (non-hydrogen) atoms. The normalized spacial score (nSPS) is 18.9. The molecular weight excluding hydrogens is 356 g/mol. The molecule has 0 aromatic heterocycles. The van der Waals surface area contributed by atoms with Gasteiger partial charge in [0.05, 0.1) is 6.10 Å². The van der Waals surface area contributed by atoms with Gasteiger partial charge in [-0.2, -0.15) is 0 Å². The molecule has 4 rings (SSSR count). The van der Waals surface area contributed by atoms with Crippen LogP contribution in [0.15, 0.2) is 48.5 Å². The molecule has 2 heterocycles. The lowest BCUT2D eigenvalue weighted by atomic mass is 10.1. The lowest BCUT2D eigenvalue weighted by molar-refractivity contribution is -0.133. The molecular formula is C22H24N2O4. The molecule has 2 aromatic rings. The van der Waals surface area contributed by atoms with Crippen molar-refractivity contribution in [2.24, 2.45) is 0 Å². The van der Waals surface area contributed by atoms with Crippen LogP contribution in [0.2, 0.25) is 0 Å². The average Bonchev–Trinajstić information content (AvgIpc) is 3.19. The lowest BCUT2D eigenvalue weighted by Crippen LogP contribution is -2.32. The molecule has 1 unspecified atom stereocenters. The van der Waals surface area contributed by atoms with Crippen molar-refractivity contribution in [1.29, 1.82) is 0 Å². The van der Waals surface area contributed by atoms with Crippen LogP contribution in [-0.2, 0) is 22.6 Å². The molecule has 1 saturated heterocycles. The minimum Gasteiger partial charge on any atom is -0.483 e. The van der Waals surface area contributed by atoms with E-state index in [9.17, 15) is 9.59 Å². The second kappa shape index (κ2) is 8.44. The van der Waals surface area contributed by atoms with Gasteiger partial charge in [0.15, 0.2) is 6.61 Å². The molecule has 2 aromatic carbocycles. The lowest BCUT2D eigenvalue weighted by Gasteiger charge is -2.20. The zero-order chi connectivity index (χ0) is 19.3. The molecule has 6 nitrogen and oxygen atoms in total. The van der Waals surface area contributed by atoms with E-state index in [1.54, 1.807) is 17.0 Å². The molecule has 6 heteroatoms. The number of nitrogens with zero attached hydrogens (tertiary/aromatic N) is 1. The number of nitrogens with one attached hydrogen (secondary N) is 1. The Morgan fingerprint density at radius 1 is 1.18 bits per heavy atom. The van der Waals surface area contributed by atoms with E-state index in [-0.39, 0.29) is 24.5 Å². The van der Waals surface area contributed by atoms with E-state index in [0.29, 0.717) is 30.9 Å². The number of ether oxygens (including phenoxy) is 2. The Hall–Kier alpha value is -2.86. The molecule has 1 N–H and O–H groups in total. The van der Waals surface area contributed by atoms with Crippen molar-refractivity contribution in [2.75, 3.05) is 19.8 Å². The van der Waals surface area contributed by atoms with Gasteiger partial charge >= 0.3 is 0 Å². The van der Waals surface area contributed by atoms with Crippen molar-refractivity contribution < 1.29 is 19.1 Å². The van der Waals surface area contributed by atoms with E-state index >= 15 is 0 Å². The van der Waals surface area contributed by atoms with Crippen LogP contribution in [0.5, 0.6) is 5.75 Å². The van der Waals surface area contributed by atoms with Crippen molar-refractivity contribution in [2.45, 2.75) is 32.0 Å². The third kappa shape index (κ3) is 4.34. The Bertz CT molecular complexity index is 847. The fourth-order valence-electron chi connectivity index (χ4n) is 3.57. The Kier molecular flexibility index (Phi) is 5.58. The molecule has 0 aliphatic carbocycles. The van der Waals surface area contributed by atoms with Gasteiger partial charge in [0, 0.05) is 37.4 Å². The van der Waals surface area contributed by atoms with Gasteiger partial charge in [-0.05, 0) is 36.6 Å². The summed E-state index contributed by atoms with van der Waals surface area (Å²) in [4.78, 5) is 26.7. The number of amides is 2. The van der Waals surface area contributed by atoms with Crippen LogP contribution in [0.25, 0.3) is 0 Å². The van der Waals surface area contributed by atoms with Crippen LogP contribution in [0.1, 0.15) is 34.3 Å². The van der Waals surface area contributed by atoms with Crippen LogP contribution in [-0.4, -0.2) is 42.6 Å². The number of benzene rings is 2. The summed E-state index contributed by atoms with van der Waals surface area (Å²) in [6.07, 6.45) is 2.13. The van der Waals surface area contributed by atoms with Crippen molar-refractivity contribution in [3.63, 3.8) is 0 Å². The van der Waals surface area contributed by atoms with Gasteiger partial charge in [-0.1, -0.05) is 30.3 Å². The van der Waals surface area contributed by atoms with Crippen LogP contribution in [0.4, 0.5) is 0 Å². The van der Waals surface area contributed by atoms with Crippen LogP contribution in [0.3, 0.4) is 0 Å². The van der Waals surface area contributed by atoms with Crippen molar-refractivity contribution in [3.8, 4) is 5.75 Å². The third-order valence-electron chi connectivity index (χ3n) is 5.12. The first-order chi connectivity index (χ1) is 13.7. The summed E-state index contributed by atoms with van der Waals surface area (Å²) >= 11 is 0.